The van der Waals surface area contributed by atoms with Crippen LogP contribution in [0, 0.1) is 0 Å². The highest BCUT2D eigenvalue weighted by molar-refractivity contribution is 5.73. The van der Waals surface area contributed by atoms with Gasteiger partial charge in [0.1, 0.15) is 0 Å². The van der Waals surface area contributed by atoms with Gasteiger partial charge in [-0.05, 0) is 23.8 Å². The molecule has 0 aromatic heterocycles. The zero-order valence-electron chi connectivity index (χ0n) is 10.6. The Morgan fingerprint density at radius 2 is 1.48 bits per heavy atom. The summed E-state index contributed by atoms with van der Waals surface area (Å²) in [5, 5.41) is 2.55. The lowest BCUT2D eigenvalue weighted by atomic mass is 10.0. The molecule has 3 nitrogen and oxygen atoms in total. The maximum Gasteiger partial charge on any atom is 0.416 e. The predicted octanol–water partition coefficient (Wildman–Crippen LogP) is 2.69. The van der Waals surface area contributed by atoms with Crippen molar-refractivity contribution < 1.29 is 31.1 Å². The summed E-state index contributed by atoms with van der Waals surface area (Å²) < 4.78 is 75.5. The molecule has 0 saturated heterocycles. The van der Waals surface area contributed by atoms with E-state index in [1.165, 1.54) is 0 Å². The van der Waals surface area contributed by atoms with E-state index >= 15 is 0 Å². The third kappa shape index (κ3) is 5.62. The number of alkyl halides is 6. The zero-order valence-corrected chi connectivity index (χ0v) is 10.6. The van der Waals surface area contributed by atoms with Crippen LogP contribution in [0.1, 0.15) is 23.1 Å². The summed E-state index contributed by atoms with van der Waals surface area (Å²) >= 11 is 0. The highest BCUT2D eigenvalue weighted by Gasteiger charge is 2.36. The van der Waals surface area contributed by atoms with Crippen LogP contribution in [0.15, 0.2) is 18.2 Å². The number of amides is 1. The molecule has 9 heteroatoms. The molecule has 0 radical (unpaired) electrons. The molecule has 0 aliphatic carbocycles. The van der Waals surface area contributed by atoms with Gasteiger partial charge in [-0.25, -0.2) is 0 Å². The van der Waals surface area contributed by atoms with Crippen molar-refractivity contribution in [3.8, 4) is 0 Å². The van der Waals surface area contributed by atoms with E-state index in [0.29, 0.717) is 12.1 Å². The van der Waals surface area contributed by atoms with Crippen LogP contribution in [0.25, 0.3) is 0 Å². The van der Waals surface area contributed by atoms with Crippen molar-refractivity contribution in [1.29, 1.82) is 0 Å². The van der Waals surface area contributed by atoms with Crippen molar-refractivity contribution in [3.05, 3.63) is 34.9 Å². The lowest BCUT2D eigenvalue weighted by Gasteiger charge is -2.14. The Hall–Kier alpha value is -1.77. The second kappa shape index (κ2) is 6.33. The summed E-state index contributed by atoms with van der Waals surface area (Å²) in [6.07, 6.45) is -9.81. The third-order valence-electron chi connectivity index (χ3n) is 2.52. The Balaban J connectivity index is 2.95. The monoisotopic (exact) mass is 314 g/mol. The van der Waals surface area contributed by atoms with Crippen LogP contribution in [0.5, 0.6) is 0 Å². The highest BCUT2D eigenvalue weighted by Crippen LogP contribution is 2.36. The summed E-state index contributed by atoms with van der Waals surface area (Å²) in [5.41, 5.74) is 1.94. The summed E-state index contributed by atoms with van der Waals surface area (Å²) in [5.74, 6) is -0.623. The molecule has 3 N–H and O–H groups in total. The van der Waals surface area contributed by atoms with E-state index in [-0.39, 0.29) is 31.1 Å². The molecule has 0 heterocycles. The average molecular weight is 314 g/mol. The second-order valence-corrected chi connectivity index (χ2v) is 4.31. The topological polar surface area (TPSA) is 55.1 Å². The lowest BCUT2D eigenvalue weighted by Crippen LogP contribution is -2.22. The molecule has 0 aliphatic heterocycles. The Morgan fingerprint density at radius 1 is 1.00 bits per heavy atom. The molecule has 0 spiro atoms. The number of hydrogen-bond donors (Lipinski definition) is 2. The first-order valence-corrected chi connectivity index (χ1v) is 5.77. The van der Waals surface area contributed by atoms with Gasteiger partial charge in [-0.15, -0.1) is 0 Å². The minimum Gasteiger partial charge on any atom is -0.370 e. The molecule has 1 amide bonds. The Morgan fingerprint density at radius 3 is 1.86 bits per heavy atom. The highest BCUT2D eigenvalue weighted by atomic mass is 19.4. The van der Waals surface area contributed by atoms with Crippen LogP contribution in [0.4, 0.5) is 26.3 Å². The molecule has 1 rings (SSSR count). The first-order valence-electron chi connectivity index (χ1n) is 5.77. The van der Waals surface area contributed by atoms with E-state index in [1.807, 2.05) is 0 Å². The summed E-state index contributed by atoms with van der Waals surface area (Å²) in [6, 6.07) is 1.33. The van der Waals surface area contributed by atoms with Crippen molar-refractivity contribution in [1.82, 2.24) is 5.32 Å². The quantitative estimate of drug-likeness (QED) is 0.648. The van der Waals surface area contributed by atoms with Crippen LogP contribution in [-0.2, 0) is 23.7 Å². The standard InChI is InChI=1S/C12H12F6N2O/c13-11(14,15)8-3-7(6-20-2-1-10(19)21)4-9(5-8)12(16,17)18/h3-5,20H,1-2,6H2,(H2,19,21). The van der Waals surface area contributed by atoms with Crippen LogP contribution < -0.4 is 11.1 Å². The Labute approximate surface area is 116 Å². The summed E-state index contributed by atoms with van der Waals surface area (Å²) in [6.45, 7) is -0.173. The van der Waals surface area contributed by atoms with E-state index < -0.39 is 29.4 Å². The summed E-state index contributed by atoms with van der Waals surface area (Å²) in [4.78, 5) is 10.5. The van der Waals surface area contributed by atoms with Gasteiger partial charge in [0, 0.05) is 19.5 Å². The number of rotatable bonds is 5. The van der Waals surface area contributed by atoms with Crippen molar-refractivity contribution in [2.24, 2.45) is 5.73 Å². The van der Waals surface area contributed by atoms with Gasteiger partial charge in [0.25, 0.3) is 0 Å². The Kier molecular flexibility index (Phi) is 5.21. The largest absolute Gasteiger partial charge is 0.416 e. The van der Waals surface area contributed by atoms with Crippen molar-refractivity contribution in [2.75, 3.05) is 6.54 Å². The third-order valence-corrected chi connectivity index (χ3v) is 2.52. The molecule has 118 valence electrons. The SMILES string of the molecule is NC(=O)CCNCc1cc(C(F)(F)F)cc(C(F)(F)F)c1. The van der Waals surface area contributed by atoms with Crippen LogP contribution in [0.2, 0.25) is 0 Å². The molecule has 0 unspecified atom stereocenters. The molecule has 0 atom stereocenters. The Bertz CT molecular complexity index is 477. The maximum atomic E-state index is 12.6. The smallest absolute Gasteiger partial charge is 0.370 e. The minimum absolute atomic E-state index is 0.0624. The number of halogens is 6. The van der Waals surface area contributed by atoms with Crippen molar-refractivity contribution >= 4 is 5.91 Å². The van der Waals surface area contributed by atoms with Gasteiger partial charge in [-0.1, -0.05) is 0 Å². The van der Waals surface area contributed by atoms with E-state index in [2.05, 4.69) is 5.32 Å². The zero-order chi connectivity index (χ0) is 16.3. The molecule has 0 bridgehead atoms. The van der Waals surface area contributed by atoms with Gasteiger partial charge in [-0.2, -0.15) is 26.3 Å². The number of hydrogen-bond acceptors (Lipinski definition) is 2. The van der Waals surface area contributed by atoms with Gasteiger partial charge in [-0.3, -0.25) is 4.79 Å². The molecule has 0 aliphatic rings. The number of primary amides is 1. The number of nitrogens with one attached hydrogen (secondary N) is 1. The van der Waals surface area contributed by atoms with Crippen LogP contribution in [0.3, 0.4) is 0 Å². The number of benzene rings is 1. The first-order chi connectivity index (χ1) is 9.50. The van der Waals surface area contributed by atoms with Gasteiger partial charge in [0.2, 0.25) is 5.91 Å². The van der Waals surface area contributed by atoms with E-state index in [1.54, 1.807) is 0 Å². The van der Waals surface area contributed by atoms with Gasteiger partial charge in [0.15, 0.2) is 0 Å². The normalized spacial score (nSPS) is 12.5. The van der Waals surface area contributed by atoms with Crippen LogP contribution >= 0.6 is 0 Å². The molecule has 1 aromatic rings. The molecule has 21 heavy (non-hydrogen) atoms. The van der Waals surface area contributed by atoms with Gasteiger partial charge < -0.3 is 11.1 Å². The number of carbonyl (C=O) groups excluding carboxylic acids is 1. The van der Waals surface area contributed by atoms with E-state index in [4.69, 9.17) is 5.73 Å². The fourth-order valence-electron chi connectivity index (χ4n) is 1.57. The summed E-state index contributed by atoms with van der Waals surface area (Å²) in [7, 11) is 0. The van der Waals surface area contributed by atoms with E-state index in [0.717, 1.165) is 0 Å². The van der Waals surface area contributed by atoms with Crippen molar-refractivity contribution in [3.63, 3.8) is 0 Å². The van der Waals surface area contributed by atoms with Gasteiger partial charge >= 0.3 is 12.4 Å². The number of nitrogens with two attached hydrogens (primary N) is 1. The molecule has 1 aromatic carbocycles. The van der Waals surface area contributed by atoms with Crippen molar-refractivity contribution in [2.45, 2.75) is 25.3 Å². The average Bonchev–Trinajstić information content (AvgIpc) is 2.32. The second-order valence-electron chi connectivity index (χ2n) is 4.31. The van der Waals surface area contributed by atoms with E-state index in [9.17, 15) is 31.1 Å². The predicted molar refractivity (Wildman–Crippen MR) is 62.0 cm³/mol. The van der Waals surface area contributed by atoms with Crippen LogP contribution in [-0.4, -0.2) is 12.5 Å². The minimum atomic E-state index is -4.87. The molecule has 0 saturated carbocycles. The lowest BCUT2D eigenvalue weighted by molar-refractivity contribution is -0.143. The fourth-order valence-corrected chi connectivity index (χ4v) is 1.57. The molecule has 0 fully saturated rings. The molecular weight excluding hydrogens is 302 g/mol. The first kappa shape index (κ1) is 17.3. The van der Waals surface area contributed by atoms with Gasteiger partial charge in [0.05, 0.1) is 11.1 Å². The fraction of sp³-hybridized carbons (Fsp3) is 0.417. The molecular formula is C12H12F6N2O. The maximum absolute atomic E-state index is 12.6. The number of carbonyl (C=O) groups is 1.